The van der Waals surface area contributed by atoms with Gasteiger partial charge in [-0.25, -0.2) is 0 Å². The van der Waals surface area contributed by atoms with Crippen LogP contribution in [0, 0.1) is 0 Å². The van der Waals surface area contributed by atoms with Gasteiger partial charge in [-0.1, -0.05) is 51.9 Å². The van der Waals surface area contributed by atoms with Gasteiger partial charge in [-0.2, -0.15) is 12.6 Å². The predicted octanol–water partition coefficient (Wildman–Crippen LogP) is 5.30. The topological polar surface area (TPSA) is 0 Å². The molecule has 116 valence electrons. The van der Waals surface area contributed by atoms with Gasteiger partial charge >= 0.3 is 0 Å². The molecule has 1 nitrogen and oxygen atoms in total. The Balaban J connectivity index is 3.21. The third-order valence-electron chi connectivity index (χ3n) is 4.04. The molecule has 0 radical (unpaired) electrons. The lowest BCUT2D eigenvalue weighted by Gasteiger charge is -2.29. The molecule has 0 N–H and O–H groups in total. The van der Waals surface area contributed by atoms with Crippen LogP contribution in [0.25, 0.3) is 0 Å². The van der Waals surface area contributed by atoms with Crippen molar-refractivity contribution in [1.29, 1.82) is 0 Å². The summed E-state index contributed by atoms with van der Waals surface area (Å²) in [5.74, 6) is 1.06. The first-order valence-corrected chi connectivity index (χ1v) is 9.18. The van der Waals surface area contributed by atoms with Gasteiger partial charge in [0, 0.05) is 0 Å². The van der Waals surface area contributed by atoms with Crippen molar-refractivity contribution in [3.63, 3.8) is 0 Å². The molecular weight excluding hydrogens is 250 g/mol. The van der Waals surface area contributed by atoms with E-state index in [0.717, 1.165) is 5.75 Å². The van der Waals surface area contributed by atoms with Crippen LogP contribution in [-0.4, -0.2) is 37.4 Å². The monoisotopic (exact) mass is 288 g/mol. The summed E-state index contributed by atoms with van der Waals surface area (Å²) in [5, 5.41) is 0. The van der Waals surface area contributed by atoms with Gasteiger partial charge < -0.3 is 4.48 Å². The van der Waals surface area contributed by atoms with Crippen LogP contribution in [0.5, 0.6) is 0 Å². The first-order valence-electron chi connectivity index (χ1n) is 8.55. The molecule has 0 fully saturated rings. The van der Waals surface area contributed by atoms with Crippen molar-refractivity contribution in [2.75, 3.05) is 32.9 Å². The molecule has 2 heteroatoms. The lowest BCUT2D eigenvalue weighted by molar-refractivity contribution is -0.890. The van der Waals surface area contributed by atoms with Gasteiger partial charge in [0.1, 0.15) is 0 Å². The van der Waals surface area contributed by atoms with Crippen LogP contribution in [0.15, 0.2) is 0 Å². The molecule has 0 aromatic rings. The van der Waals surface area contributed by atoms with E-state index in [1.807, 2.05) is 0 Å². The molecule has 0 bridgehead atoms. The second-order valence-corrected chi connectivity index (χ2v) is 7.09. The molecule has 0 aliphatic heterocycles. The van der Waals surface area contributed by atoms with Crippen LogP contribution in [0.1, 0.15) is 77.6 Å². The highest BCUT2D eigenvalue weighted by atomic mass is 32.1. The van der Waals surface area contributed by atoms with Crippen LogP contribution < -0.4 is 0 Å². The van der Waals surface area contributed by atoms with Crippen LogP contribution in [0.3, 0.4) is 0 Å². The van der Waals surface area contributed by atoms with Crippen molar-refractivity contribution in [2.24, 2.45) is 0 Å². The van der Waals surface area contributed by atoms with E-state index in [9.17, 15) is 0 Å². The van der Waals surface area contributed by atoms with Crippen molar-refractivity contribution in [3.8, 4) is 0 Å². The SMILES string of the molecule is CCCC[N+](C)(C)CCCCCCCCCCCS. The standard InChI is InChI=1S/C17H37NS/c1-4-5-15-18(2,3)16-13-11-9-7-6-8-10-12-14-17-19/h4-17H2,1-3H3/p+1. The maximum Gasteiger partial charge on any atom is 0.0782 e. The molecule has 19 heavy (non-hydrogen) atoms. The Morgan fingerprint density at radius 1 is 0.632 bits per heavy atom. The Kier molecular flexibility index (Phi) is 13.5. The van der Waals surface area contributed by atoms with E-state index in [1.165, 1.54) is 88.2 Å². The minimum Gasteiger partial charge on any atom is -0.328 e. The summed E-state index contributed by atoms with van der Waals surface area (Å²) in [6, 6.07) is 0. The van der Waals surface area contributed by atoms with Gasteiger partial charge in [-0.3, -0.25) is 0 Å². The highest BCUT2D eigenvalue weighted by Gasteiger charge is 2.12. The van der Waals surface area contributed by atoms with E-state index in [1.54, 1.807) is 0 Å². The Hall–Kier alpha value is 0.310. The lowest BCUT2D eigenvalue weighted by atomic mass is 10.1. The number of rotatable bonds is 14. The number of unbranched alkanes of at least 4 members (excludes halogenated alkanes) is 9. The fraction of sp³-hybridized carbons (Fsp3) is 1.00. The predicted molar refractivity (Wildman–Crippen MR) is 92.2 cm³/mol. The number of hydrogen-bond acceptors (Lipinski definition) is 1. The Bertz CT molecular complexity index is 180. The number of nitrogens with zero attached hydrogens (tertiary/aromatic N) is 1. The Morgan fingerprint density at radius 2 is 1.05 bits per heavy atom. The molecule has 0 heterocycles. The van der Waals surface area contributed by atoms with Gasteiger partial charge in [0.25, 0.3) is 0 Å². The van der Waals surface area contributed by atoms with E-state index in [2.05, 4.69) is 33.6 Å². The van der Waals surface area contributed by atoms with Crippen molar-refractivity contribution in [3.05, 3.63) is 0 Å². The Morgan fingerprint density at radius 3 is 1.53 bits per heavy atom. The molecule has 0 spiro atoms. The van der Waals surface area contributed by atoms with Gasteiger partial charge in [0.2, 0.25) is 0 Å². The van der Waals surface area contributed by atoms with E-state index >= 15 is 0 Å². The van der Waals surface area contributed by atoms with Crippen LogP contribution in [0.4, 0.5) is 0 Å². The molecule has 0 saturated carbocycles. The number of thiol groups is 1. The molecule has 0 atom stereocenters. The smallest absolute Gasteiger partial charge is 0.0782 e. The first-order chi connectivity index (χ1) is 9.12. The fourth-order valence-corrected chi connectivity index (χ4v) is 2.81. The van der Waals surface area contributed by atoms with E-state index < -0.39 is 0 Å². The highest BCUT2D eigenvalue weighted by molar-refractivity contribution is 7.80. The summed E-state index contributed by atoms with van der Waals surface area (Å²) in [5.41, 5.74) is 0. The van der Waals surface area contributed by atoms with Crippen LogP contribution in [0.2, 0.25) is 0 Å². The molecule has 0 aliphatic rings. The van der Waals surface area contributed by atoms with E-state index in [0.29, 0.717) is 0 Å². The van der Waals surface area contributed by atoms with Crippen molar-refractivity contribution >= 4 is 12.6 Å². The van der Waals surface area contributed by atoms with Gasteiger partial charge in [-0.05, 0) is 31.4 Å². The highest BCUT2D eigenvalue weighted by Crippen LogP contribution is 2.11. The minimum atomic E-state index is 1.06. The summed E-state index contributed by atoms with van der Waals surface area (Å²) in [4.78, 5) is 0. The molecule has 0 aliphatic carbocycles. The van der Waals surface area contributed by atoms with Crippen LogP contribution >= 0.6 is 12.6 Å². The number of quaternary nitrogens is 1. The summed E-state index contributed by atoms with van der Waals surface area (Å²) >= 11 is 4.25. The molecule has 0 rings (SSSR count). The molecule has 0 aromatic heterocycles. The normalized spacial score (nSPS) is 12.0. The zero-order valence-corrected chi connectivity index (χ0v) is 14.7. The zero-order chi connectivity index (χ0) is 14.4. The average Bonchev–Trinajstić information content (AvgIpc) is 2.38. The second kappa shape index (κ2) is 13.3. The van der Waals surface area contributed by atoms with E-state index in [-0.39, 0.29) is 0 Å². The molecule has 0 saturated heterocycles. The molecule has 0 amide bonds. The molecule has 0 aromatic carbocycles. The van der Waals surface area contributed by atoms with Crippen LogP contribution in [-0.2, 0) is 0 Å². The quantitative estimate of drug-likeness (QED) is 0.250. The largest absolute Gasteiger partial charge is 0.328 e. The van der Waals surface area contributed by atoms with Crippen molar-refractivity contribution in [2.45, 2.75) is 77.6 Å². The maximum atomic E-state index is 4.25. The average molecular weight is 289 g/mol. The van der Waals surface area contributed by atoms with Gasteiger partial charge in [-0.15, -0.1) is 0 Å². The van der Waals surface area contributed by atoms with Crippen molar-refractivity contribution < 1.29 is 4.48 Å². The van der Waals surface area contributed by atoms with Crippen molar-refractivity contribution in [1.82, 2.24) is 0 Å². The molecular formula is C17H38NS+. The first kappa shape index (κ1) is 19.3. The zero-order valence-electron chi connectivity index (χ0n) is 13.8. The molecule has 0 unspecified atom stereocenters. The second-order valence-electron chi connectivity index (χ2n) is 6.64. The van der Waals surface area contributed by atoms with Gasteiger partial charge in [0.15, 0.2) is 0 Å². The summed E-state index contributed by atoms with van der Waals surface area (Å²) in [7, 11) is 4.77. The number of hydrogen-bond donors (Lipinski definition) is 1. The third-order valence-corrected chi connectivity index (χ3v) is 4.35. The lowest BCUT2D eigenvalue weighted by Crippen LogP contribution is -2.41. The Labute approximate surface area is 128 Å². The third kappa shape index (κ3) is 14.5. The van der Waals surface area contributed by atoms with Gasteiger partial charge in [0.05, 0.1) is 27.2 Å². The summed E-state index contributed by atoms with van der Waals surface area (Å²) in [6.45, 7) is 5.00. The summed E-state index contributed by atoms with van der Waals surface area (Å²) < 4.78 is 1.22. The maximum absolute atomic E-state index is 4.25. The fourth-order valence-electron chi connectivity index (χ4n) is 2.59. The minimum absolute atomic E-state index is 1.06. The summed E-state index contributed by atoms with van der Waals surface area (Å²) in [6.07, 6.45) is 15.4. The van der Waals surface area contributed by atoms with E-state index in [4.69, 9.17) is 0 Å².